The number of anilines is 1. The van der Waals surface area contributed by atoms with Gasteiger partial charge in [0.25, 0.3) is 0 Å². The molecule has 0 radical (unpaired) electrons. The third-order valence-corrected chi connectivity index (χ3v) is 2.42. The van der Waals surface area contributed by atoms with Crippen molar-refractivity contribution in [1.82, 2.24) is 5.32 Å². The minimum Gasteiger partial charge on any atom is -0.383 e. The molecule has 2 amide bonds. The Kier molecular flexibility index (Phi) is 6.56. The minimum absolute atomic E-state index is 0.105. The van der Waals surface area contributed by atoms with Crippen LogP contribution in [0.25, 0.3) is 0 Å². The number of primary amides is 1. The predicted octanol–water partition coefficient (Wildman–Crippen LogP) is -0.111. The van der Waals surface area contributed by atoms with Gasteiger partial charge in [0.05, 0.1) is 19.6 Å². The molecule has 0 saturated carbocycles. The third-order valence-electron chi connectivity index (χ3n) is 2.42. The molecule has 0 atom stereocenters. The summed E-state index contributed by atoms with van der Waals surface area (Å²) in [6.07, 6.45) is 0.105. The molecule has 0 unspecified atom stereocenters. The lowest BCUT2D eigenvalue weighted by atomic mass is 10.1. The van der Waals surface area contributed by atoms with Gasteiger partial charge in [-0.1, -0.05) is 18.2 Å². The molecule has 0 fully saturated rings. The number of nitrogens with two attached hydrogens (primary N) is 1. The van der Waals surface area contributed by atoms with E-state index in [-0.39, 0.29) is 18.9 Å². The molecule has 0 saturated heterocycles. The molecule has 1 aromatic carbocycles. The molecular formula is C13H19N3O3. The lowest BCUT2D eigenvalue weighted by Crippen LogP contribution is -2.30. The second-order valence-electron chi connectivity index (χ2n) is 4.02. The molecule has 0 bridgehead atoms. The molecule has 6 nitrogen and oxygen atoms in total. The van der Waals surface area contributed by atoms with Crippen LogP contribution in [0.15, 0.2) is 24.3 Å². The first kappa shape index (κ1) is 15.1. The maximum absolute atomic E-state index is 11.7. The average Bonchev–Trinajstić information content (AvgIpc) is 2.36. The van der Waals surface area contributed by atoms with E-state index in [1.165, 1.54) is 0 Å². The Morgan fingerprint density at radius 3 is 2.74 bits per heavy atom. The molecule has 0 spiro atoms. The van der Waals surface area contributed by atoms with E-state index in [0.29, 0.717) is 24.4 Å². The van der Waals surface area contributed by atoms with E-state index in [4.69, 9.17) is 10.5 Å². The summed E-state index contributed by atoms with van der Waals surface area (Å²) in [7, 11) is 1.60. The lowest BCUT2D eigenvalue weighted by Gasteiger charge is -2.10. The van der Waals surface area contributed by atoms with E-state index in [1.807, 2.05) is 0 Å². The van der Waals surface area contributed by atoms with Crippen LogP contribution >= 0.6 is 0 Å². The quantitative estimate of drug-likeness (QED) is 0.572. The molecule has 6 heteroatoms. The Balaban J connectivity index is 2.51. The summed E-state index contributed by atoms with van der Waals surface area (Å²) < 4.78 is 4.86. The molecular weight excluding hydrogens is 246 g/mol. The van der Waals surface area contributed by atoms with Crippen molar-refractivity contribution in [3.05, 3.63) is 29.8 Å². The summed E-state index contributed by atoms with van der Waals surface area (Å²) >= 11 is 0. The van der Waals surface area contributed by atoms with E-state index in [2.05, 4.69) is 10.6 Å². The number of hydrogen-bond donors (Lipinski definition) is 3. The molecule has 0 heterocycles. The normalized spacial score (nSPS) is 10.2. The number of carbonyl (C=O) groups excluding carboxylic acids is 2. The van der Waals surface area contributed by atoms with Gasteiger partial charge in [-0.3, -0.25) is 9.59 Å². The van der Waals surface area contributed by atoms with E-state index in [9.17, 15) is 9.59 Å². The fourth-order valence-electron chi connectivity index (χ4n) is 1.55. The Hall–Kier alpha value is -1.92. The molecule has 0 aliphatic heterocycles. The summed E-state index contributed by atoms with van der Waals surface area (Å²) in [6, 6.07) is 7.09. The highest BCUT2D eigenvalue weighted by Gasteiger charge is 2.07. The van der Waals surface area contributed by atoms with Gasteiger partial charge >= 0.3 is 0 Å². The Morgan fingerprint density at radius 1 is 1.32 bits per heavy atom. The van der Waals surface area contributed by atoms with Gasteiger partial charge in [-0.05, 0) is 11.6 Å². The number of carbonyl (C=O) groups is 2. The van der Waals surface area contributed by atoms with E-state index < -0.39 is 5.91 Å². The first-order valence-electron chi connectivity index (χ1n) is 5.99. The predicted molar refractivity (Wildman–Crippen MR) is 72.7 cm³/mol. The Morgan fingerprint density at radius 2 is 2.05 bits per heavy atom. The first-order chi connectivity index (χ1) is 9.13. The summed E-state index contributed by atoms with van der Waals surface area (Å²) in [6.45, 7) is 1.34. The van der Waals surface area contributed by atoms with Crippen LogP contribution < -0.4 is 16.4 Å². The number of hydrogen-bond acceptors (Lipinski definition) is 4. The van der Waals surface area contributed by atoms with Gasteiger partial charge in [0.1, 0.15) is 0 Å². The first-order valence-corrected chi connectivity index (χ1v) is 5.99. The summed E-state index contributed by atoms with van der Waals surface area (Å²) in [5, 5.41) is 5.68. The van der Waals surface area contributed by atoms with E-state index in [0.717, 1.165) is 0 Å². The van der Waals surface area contributed by atoms with Gasteiger partial charge in [0.15, 0.2) is 0 Å². The van der Waals surface area contributed by atoms with E-state index in [1.54, 1.807) is 31.4 Å². The van der Waals surface area contributed by atoms with Crippen molar-refractivity contribution in [2.45, 2.75) is 6.42 Å². The Labute approximate surface area is 112 Å². The summed E-state index contributed by atoms with van der Waals surface area (Å²) in [5.74, 6) is -0.604. The zero-order valence-electron chi connectivity index (χ0n) is 10.9. The van der Waals surface area contributed by atoms with Crippen LogP contribution in [-0.4, -0.2) is 38.6 Å². The van der Waals surface area contributed by atoms with Gasteiger partial charge in [-0.25, -0.2) is 0 Å². The fourth-order valence-corrected chi connectivity index (χ4v) is 1.55. The molecule has 104 valence electrons. The molecule has 0 aliphatic carbocycles. The zero-order chi connectivity index (χ0) is 14.1. The van der Waals surface area contributed by atoms with Crippen LogP contribution in [0.5, 0.6) is 0 Å². The smallest absolute Gasteiger partial charge is 0.238 e. The largest absolute Gasteiger partial charge is 0.383 e. The highest BCUT2D eigenvalue weighted by atomic mass is 16.5. The highest BCUT2D eigenvalue weighted by molar-refractivity contribution is 5.93. The van der Waals surface area contributed by atoms with Crippen LogP contribution in [0, 0.1) is 0 Å². The maximum Gasteiger partial charge on any atom is 0.238 e. The average molecular weight is 265 g/mol. The van der Waals surface area contributed by atoms with Crippen LogP contribution in [0.3, 0.4) is 0 Å². The minimum atomic E-state index is -0.431. The SMILES string of the molecule is COCCNCC(=O)Nc1ccccc1CC(N)=O. The van der Waals surface area contributed by atoms with Crippen molar-refractivity contribution >= 4 is 17.5 Å². The van der Waals surface area contributed by atoms with Gasteiger partial charge < -0.3 is 21.1 Å². The second kappa shape index (κ2) is 8.23. The number of nitrogens with one attached hydrogen (secondary N) is 2. The van der Waals surface area contributed by atoms with Gasteiger partial charge in [0, 0.05) is 19.3 Å². The maximum atomic E-state index is 11.7. The van der Waals surface area contributed by atoms with Gasteiger partial charge in [0.2, 0.25) is 11.8 Å². The highest BCUT2D eigenvalue weighted by Crippen LogP contribution is 2.15. The van der Waals surface area contributed by atoms with Gasteiger partial charge in [-0.2, -0.15) is 0 Å². The monoisotopic (exact) mass is 265 g/mol. The zero-order valence-corrected chi connectivity index (χ0v) is 10.9. The molecule has 19 heavy (non-hydrogen) atoms. The molecule has 1 aromatic rings. The molecule has 1 rings (SSSR count). The third kappa shape index (κ3) is 5.98. The molecule has 4 N–H and O–H groups in total. The van der Waals surface area contributed by atoms with Crippen molar-refractivity contribution in [2.24, 2.45) is 5.73 Å². The van der Waals surface area contributed by atoms with Crippen molar-refractivity contribution < 1.29 is 14.3 Å². The van der Waals surface area contributed by atoms with E-state index >= 15 is 0 Å². The topological polar surface area (TPSA) is 93.4 Å². The van der Waals surface area contributed by atoms with Crippen molar-refractivity contribution in [3.8, 4) is 0 Å². The van der Waals surface area contributed by atoms with Crippen molar-refractivity contribution in [2.75, 3.05) is 32.1 Å². The van der Waals surface area contributed by atoms with Crippen LogP contribution in [0.4, 0.5) is 5.69 Å². The lowest BCUT2D eigenvalue weighted by molar-refractivity contribution is -0.117. The van der Waals surface area contributed by atoms with Crippen LogP contribution in [-0.2, 0) is 20.7 Å². The fraction of sp³-hybridized carbons (Fsp3) is 0.385. The molecule has 0 aromatic heterocycles. The summed E-state index contributed by atoms with van der Waals surface area (Å²) in [5.41, 5.74) is 6.48. The number of benzene rings is 1. The second-order valence-corrected chi connectivity index (χ2v) is 4.02. The number of para-hydroxylation sites is 1. The number of methoxy groups -OCH3 is 1. The number of amides is 2. The Bertz CT molecular complexity index is 435. The molecule has 0 aliphatic rings. The number of ether oxygens (including phenoxy) is 1. The number of rotatable bonds is 8. The summed E-state index contributed by atoms with van der Waals surface area (Å²) in [4.78, 5) is 22.6. The van der Waals surface area contributed by atoms with Gasteiger partial charge in [-0.15, -0.1) is 0 Å². The van der Waals surface area contributed by atoms with Crippen LogP contribution in [0.1, 0.15) is 5.56 Å². The standard InChI is InChI=1S/C13H19N3O3/c1-19-7-6-15-9-13(18)16-11-5-3-2-4-10(11)8-12(14)17/h2-5,15H,6-9H2,1H3,(H2,14,17)(H,16,18). The van der Waals surface area contributed by atoms with Crippen molar-refractivity contribution in [3.63, 3.8) is 0 Å². The van der Waals surface area contributed by atoms with Crippen LogP contribution in [0.2, 0.25) is 0 Å². The van der Waals surface area contributed by atoms with Crippen molar-refractivity contribution in [1.29, 1.82) is 0 Å².